The van der Waals surface area contributed by atoms with Crippen LogP contribution in [0.1, 0.15) is 29.6 Å². The fourth-order valence-electron chi connectivity index (χ4n) is 6.44. The third-order valence-corrected chi connectivity index (χ3v) is 26.3. The van der Waals surface area contributed by atoms with Gasteiger partial charge in [0.25, 0.3) is 0 Å². The summed E-state index contributed by atoms with van der Waals surface area (Å²) < 4.78 is 4.46. The molecule has 3 heteroatoms. The van der Waals surface area contributed by atoms with Gasteiger partial charge in [0.1, 0.15) is 0 Å². The molecule has 31 heavy (non-hydrogen) atoms. The van der Waals surface area contributed by atoms with Crippen molar-refractivity contribution in [1.82, 2.24) is 0 Å². The van der Waals surface area contributed by atoms with Crippen LogP contribution < -0.4 is 0 Å². The molecule has 0 nitrogen and oxygen atoms in total. The molecule has 0 atom stereocenters. The predicted molar refractivity (Wildman–Crippen MR) is 132 cm³/mol. The van der Waals surface area contributed by atoms with Gasteiger partial charge in [0.2, 0.25) is 0 Å². The molecule has 0 bridgehead atoms. The molecule has 1 saturated heterocycles. The van der Waals surface area contributed by atoms with Gasteiger partial charge in [0.05, 0.1) is 0 Å². The van der Waals surface area contributed by atoms with Crippen LogP contribution in [0.2, 0.25) is 8.35 Å². The Kier molecular flexibility index (Phi) is 5.28. The summed E-state index contributed by atoms with van der Waals surface area (Å²) in [4.78, 5) is 0. The topological polar surface area (TPSA) is 0 Å². The Balaban J connectivity index is 0.00000102. The van der Waals surface area contributed by atoms with E-state index in [1.807, 2.05) is 0 Å². The molecule has 0 spiro atoms. The van der Waals surface area contributed by atoms with Crippen LogP contribution in [0.25, 0.3) is 22.3 Å². The van der Waals surface area contributed by atoms with Gasteiger partial charge in [-0.2, -0.15) is 0 Å². The number of rotatable bonds is 2. The maximum absolute atomic E-state index is 2.72. The zero-order valence-corrected chi connectivity index (χ0v) is 22.3. The van der Waals surface area contributed by atoms with Crippen molar-refractivity contribution >= 4 is 24.8 Å². The monoisotopic (exact) mass is 610 g/mol. The van der Waals surface area contributed by atoms with Crippen molar-refractivity contribution in [3.05, 3.63) is 119 Å². The molecular formula is C28H24Cl2Hf. The molecule has 1 fully saturated rings. The molecule has 0 amide bonds. The van der Waals surface area contributed by atoms with E-state index < -0.39 is 20.0 Å². The fourth-order valence-corrected chi connectivity index (χ4v) is 33.8. The molecular weight excluding hydrogens is 586 g/mol. The molecule has 1 aliphatic heterocycles. The Hall–Kier alpha value is -1.67. The summed E-state index contributed by atoms with van der Waals surface area (Å²) in [6.07, 6.45) is 0. The van der Waals surface area contributed by atoms with E-state index in [9.17, 15) is 0 Å². The third-order valence-electron chi connectivity index (χ3n) is 7.64. The van der Waals surface area contributed by atoms with Gasteiger partial charge in [-0.05, 0) is 0 Å². The molecule has 0 radical (unpaired) electrons. The Morgan fingerprint density at radius 1 is 0.419 bits per heavy atom. The first-order chi connectivity index (χ1) is 14.4. The third kappa shape index (κ3) is 2.83. The maximum atomic E-state index is 2.44. The second kappa shape index (κ2) is 7.73. The molecule has 2 aliphatic carbocycles. The molecule has 0 N–H and O–H groups in total. The average molecular weight is 610 g/mol. The van der Waals surface area contributed by atoms with Gasteiger partial charge in [-0.15, -0.1) is 24.8 Å². The van der Waals surface area contributed by atoms with E-state index in [1.54, 1.807) is 22.3 Å². The standard InChI is InChI=1S/2C13H9.C2H4.2ClH.Hf/c2*1-3-7-12-10(5-1)9-11-6-2-4-8-13(11)12;1-2;;;/h2*1-9H;1-2H2;2*1H;. The quantitative estimate of drug-likeness (QED) is 0.200. The van der Waals surface area contributed by atoms with E-state index >= 15 is 0 Å². The summed E-state index contributed by atoms with van der Waals surface area (Å²) >= 11 is -2.72. The van der Waals surface area contributed by atoms with E-state index in [1.165, 1.54) is 30.6 Å². The minimum absolute atomic E-state index is 0. The van der Waals surface area contributed by atoms with Gasteiger partial charge in [0.15, 0.2) is 0 Å². The first kappa shape index (κ1) is 21.2. The van der Waals surface area contributed by atoms with Crippen molar-refractivity contribution in [2.24, 2.45) is 0 Å². The van der Waals surface area contributed by atoms with Crippen LogP contribution in [-0.2, 0) is 20.0 Å². The minimum atomic E-state index is -2.72. The number of benzene rings is 4. The van der Waals surface area contributed by atoms with Crippen molar-refractivity contribution in [3.63, 3.8) is 0 Å². The van der Waals surface area contributed by atoms with Crippen molar-refractivity contribution in [1.29, 1.82) is 0 Å². The van der Waals surface area contributed by atoms with Crippen LogP contribution in [-0.4, -0.2) is 0 Å². The number of hydrogen-bond acceptors (Lipinski definition) is 0. The fraction of sp³-hybridized carbons (Fsp3) is 0.143. The summed E-state index contributed by atoms with van der Waals surface area (Å²) in [6, 6.07) is 37.1. The van der Waals surface area contributed by atoms with Crippen molar-refractivity contribution in [2.75, 3.05) is 0 Å². The zero-order chi connectivity index (χ0) is 19.0. The molecule has 4 aromatic rings. The van der Waals surface area contributed by atoms with E-state index in [4.69, 9.17) is 0 Å². The van der Waals surface area contributed by atoms with Crippen molar-refractivity contribution in [3.8, 4) is 22.3 Å². The molecule has 4 aromatic carbocycles. The normalized spacial score (nSPS) is 16.9. The van der Waals surface area contributed by atoms with E-state index in [2.05, 4.69) is 97.1 Å². The molecule has 7 rings (SSSR count). The van der Waals surface area contributed by atoms with Gasteiger partial charge in [-0.3, -0.25) is 0 Å². The number of hydrogen-bond donors (Lipinski definition) is 0. The van der Waals surface area contributed by atoms with Gasteiger partial charge < -0.3 is 0 Å². The Bertz CT molecular complexity index is 1100. The summed E-state index contributed by atoms with van der Waals surface area (Å²) in [6.45, 7) is 0. The van der Waals surface area contributed by atoms with E-state index in [-0.39, 0.29) is 24.8 Å². The first-order valence-electron chi connectivity index (χ1n) is 10.7. The van der Waals surface area contributed by atoms with E-state index in [0.717, 1.165) is 0 Å². The zero-order valence-electron chi connectivity index (χ0n) is 17.1. The van der Waals surface area contributed by atoms with Gasteiger partial charge in [0, 0.05) is 0 Å². The SMILES string of the molecule is Cl.Cl.c1ccc2c(c1)-c1ccccc1[CH]2[Hf]1([CH]2c3ccccc3-c3ccccc32)[CH2][CH2]1. The van der Waals surface area contributed by atoms with Crippen LogP contribution in [0.5, 0.6) is 0 Å². The molecule has 0 aromatic heterocycles. The molecule has 0 unspecified atom stereocenters. The number of fused-ring (bicyclic) bond motifs is 6. The van der Waals surface area contributed by atoms with Crippen LogP contribution in [0.15, 0.2) is 97.1 Å². The van der Waals surface area contributed by atoms with Crippen LogP contribution in [0.3, 0.4) is 0 Å². The molecule has 3 aliphatic rings. The van der Waals surface area contributed by atoms with Crippen molar-refractivity contribution in [2.45, 2.75) is 15.7 Å². The first-order valence-corrected chi connectivity index (χ1v) is 20.0. The van der Waals surface area contributed by atoms with Gasteiger partial charge in [-0.1, -0.05) is 0 Å². The number of halogens is 2. The molecule has 0 saturated carbocycles. The Morgan fingerprint density at radius 2 is 0.677 bits per heavy atom. The second-order valence-corrected chi connectivity index (χ2v) is 25.6. The van der Waals surface area contributed by atoms with Gasteiger partial charge in [-0.25, -0.2) is 0 Å². The average Bonchev–Trinajstić information content (AvgIpc) is 3.38. The van der Waals surface area contributed by atoms with Crippen molar-refractivity contribution < 1.29 is 20.0 Å². The summed E-state index contributed by atoms with van der Waals surface area (Å²) in [7, 11) is 0. The second-order valence-electron chi connectivity index (χ2n) is 8.95. The summed E-state index contributed by atoms with van der Waals surface area (Å²) in [5, 5.41) is 0. The Labute approximate surface area is 200 Å². The van der Waals surface area contributed by atoms with E-state index in [0.29, 0.717) is 7.35 Å². The Morgan fingerprint density at radius 3 is 0.935 bits per heavy atom. The summed E-state index contributed by atoms with van der Waals surface area (Å²) in [5.41, 5.74) is 12.5. The summed E-state index contributed by atoms with van der Waals surface area (Å²) in [5.74, 6) is 0. The molecule has 154 valence electrons. The van der Waals surface area contributed by atoms with Crippen LogP contribution in [0, 0.1) is 0 Å². The molecule has 1 heterocycles. The van der Waals surface area contributed by atoms with Crippen LogP contribution in [0.4, 0.5) is 0 Å². The van der Waals surface area contributed by atoms with Crippen LogP contribution >= 0.6 is 24.8 Å². The predicted octanol–water partition coefficient (Wildman–Crippen LogP) is 8.37. The van der Waals surface area contributed by atoms with Gasteiger partial charge >= 0.3 is 177 Å².